The molecule has 1 aromatic carbocycles. The molecule has 1 aliphatic heterocycles. The van der Waals surface area contributed by atoms with Crippen LogP contribution in [-0.4, -0.2) is 26.1 Å². The molecule has 0 N–H and O–H groups in total. The Morgan fingerprint density at radius 3 is 2.65 bits per heavy atom. The van der Waals surface area contributed by atoms with Crippen LogP contribution in [0, 0.1) is 5.92 Å². The van der Waals surface area contributed by atoms with E-state index < -0.39 is 0 Å². The van der Waals surface area contributed by atoms with Crippen LogP contribution in [0.5, 0.6) is 0 Å². The summed E-state index contributed by atoms with van der Waals surface area (Å²) in [7, 11) is 0. The molecular formula is C14H20O3. The fraction of sp³-hybridized carbons (Fsp3) is 0.571. The van der Waals surface area contributed by atoms with E-state index in [1.807, 2.05) is 18.2 Å². The lowest BCUT2D eigenvalue weighted by molar-refractivity contribution is -0.0854. The van der Waals surface area contributed by atoms with Gasteiger partial charge in [-0.3, -0.25) is 0 Å². The van der Waals surface area contributed by atoms with Gasteiger partial charge in [-0.25, -0.2) is 0 Å². The zero-order valence-corrected chi connectivity index (χ0v) is 10.3. The number of hydrogen-bond acceptors (Lipinski definition) is 3. The zero-order chi connectivity index (χ0) is 11.9. The topological polar surface area (TPSA) is 27.7 Å². The van der Waals surface area contributed by atoms with E-state index in [0.717, 1.165) is 26.2 Å². The second-order valence-corrected chi connectivity index (χ2v) is 4.41. The summed E-state index contributed by atoms with van der Waals surface area (Å²) in [5, 5.41) is 0. The summed E-state index contributed by atoms with van der Waals surface area (Å²) >= 11 is 0. The van der Waals surface area contributed by atoms with Crippen LogP contribution < -0.4 is 0 Å². The van der Waals surface area contributed by atoms with Crippen LogP contribution in [0.2, 0.25) is 0 Å². The Kier molecular flexibility index (Phi) is 4.98. The molecule has 2 rings (SSSR count). The highest BCUT2D eigenvalue weighted by atomic mass is 16.7. The van der Waals surface area contributed by atoms with E-state index in [4.69, 9.17) is 14.2 Å². The van der Waals surface area contributed by atoms with Gasteiger partial charge in [0.15, 0.2) is 6.29 Å². The van der Waals surface area contributed by atoms with Crippen LogP contribution in [-0.2, 0) is 20.8 Å². The quantitative estimate of drug-likeness (QED) is 0.711. The van der Waals surface area contributed by atoms with Crippen LogP contribution in [0.15, 0.2) is 30.3 Å². The normalized spacial score (nSPS) is 18.4. The predicted molar refractivity (Wildman–Crippen MR) is 65.6 cm³/mol. The smallest absolute Gasteiger partial charge is 0.160 e. The maximum absolute atomic E-state index is 5.64. The molecule has 17 heavy (non-hydrogen) atoms. The molecule has 1 aromatic rings. The van der Waals surface area contributed by atoms with Crippen LogP contribution in [0.25, 0.3) is 0 Å². The molecule has 1 saturated heterocycles. The Bertz CT molecular complexity index is 307. The van der Waals surface area contributed by atoms with Gasteiger partial charge in [-0.15, -0.1) is 0 Å². The van der Waals surface area contributed by atoms with Crippen molar-refractivity contribution in [2.45, 2.75) is 26.2 Å². The SMILES string of the molecule is C[C@H](CCOCc1ccccc1)C1OCCO1. The summed E-state index contributed by atoms with van der Waals surface area (Å²) in [5.41, 5.74) is 1.22. The van der Waals surface area contributed by atoms with Gasteiger partial charge < -0.3 is 14.2 Å². The molecule has 94 valence electrons. The van der Waals surface area contributed by atoms with Gasteiger partial charge in [0.2, 0.25) is 0 Å². The van der Waals surface area contributed by atoms with Crippen LogP contribution in [0.3, 0.4) is 0 Å². The molecule has 0 bridgehead atoms. The highest BCUT2D eigenvalue weighted by Crippen LogP contribution is 2.17. The monoisotopic (exact) mass is 236 g/mol. The molecule has 3 heteroatoms. The summed E-state index contributed by atoms with van der Waals surface area (Å²) in [5.74, 6) is 0.397. The molecule has 1 fully saturated rings. The first-order chi connectivity index (χ1) is 8.36. The standard InChI is InChI=1S/C14H20O3/c1-12(14-16-9-10-17-14)7-8-15-11-13-5-3-2-4-6-13/h2-6,12,14H,7-11H2,1H3/t12-/m1/s1. The van der Waals surface area contributed by atoms with Crippen molar-refractivity contribution in [3.63, 3.8) is 0 Å². The van der Waals surface area contributed by atoms with Crippen molar-refractivity contribution in [3.8, 4) is 0 Å². The molecule has 0 aliphatic carbocycles. The van der Waals surface area contributed by atoms with Gasteiger partial charge in [-0.05, 0) is 12.0 Å². The molecule has 1 atom stereocenters. The van der Waals surface area contributed by atoms with E-state index in [2.05, 4.69) is 19.1 Å². The summed E-state index contributed by atoms with van der Waals surface area (Å²) in [6, 6.07) is 10.2. The minimum atomic E-state index is -0.0321. The Hall–Kier alpha value is -0.900. The van der Waals surface area contributed by atoms with Gasteiger partial charge in [0, 0.05) is 12.5 Å². The number of hydrogen-bond donors (Lipinski definition) is 0. The van der Waals surface area contributed by atoms with Gasteiger partial charge in [0.1, 0.15) is 0 Å². The van der Waals surface area contributed by atoms with Gasteiger partial charge in [0.25, 0.3) is 0 Å². The summed E-state index contributed by atoms with van der Waals surface area (Å²) < 4.78 is 16.5. The van der Waals surface area contributed by atoms with Crippen molar-refractivity contribution in [2.24, 2.45) is 5.92 Å². The molecule has 1 aliphatic rings. The number of benzene rings is 1. The molecule has 0 aromatic heterocycles. The van der Waals surface area contributed by atoms with E-state index in [-0.39, 0.29) is 6.29 Å². The zero-order valence-electron chi connectivity index (χ0n) is 10.3. The third-order valence-corrected chi connectivity index (χ3v) is 2.94. The lowest BCUT2D eigenvalue weighted by Crippen LogP contribution is -2.20. The Morgan fingerprint density at radius 1 is 1.24 bits per heavy atom. The fourth-order valence-electron chi connectivity index (χ4n) is 1.87. The summed E-state index contributed by atoms with van der Waals surface area (Å²) in [6.45, 7) is 5.01. The second kappa shape index (κ2) is 6.74. The van der Waals surface area contributed by atoms with Crippen LogP contribution in [0.1, 0.15) is 18.9 Å². The second-order valence-electron chi connectivity index (χ2n) is 4.41. The lowest BCUT2D eigenvalue weighted by Gasteiger charge is -2.17. The van der Waals surface area contributed by atoms with E-state index in [1.165, 1.54) is 5.56 Å². The van der Waals surface area contributed by atoms with E-state index in [0.29, 0.717) is 12.5 Å². The molecule has 1 heterocycles. The minimum absolute atomic E-state index is 0.0321. The third kappa shape index (κ3) is 4.11. The van der Waals surface area contributed by atoms with Crippen LogP contribution in [0.4, 0.5) is 0 Å². The van der Waals surface area contributed by atoms with E-state index in [1.54, 1.807) is 0 Å². The van der Waals surface area contributed by atoms with Gasteiger partial charge in [-0.1, -0.05) is 37.3 Å². The average Bonchev–Trinajstić information content (AvgIpc) is 2.89. The molecule has 0 amide bonds. The predicted octanol–water partition coefficient (Wildman–Crippen LogP) is 2.60. The highest BCUT2D eigenvalue weighted by molar-refractivity contribution is 5.13. The van der Waals surface area contributed by atoms with Crippen LogP contribution >= 0.6 is 0 Å². The molecule has 0 saturated carbocycles. The maximum atomic E-state index is 5.64. The third-order valence-electron chi connectivity index (χ3n) is 2.94. The Morgan fingerprint density at radius 2 is 1.94 bits per heavy atom. The molecule has 0 spiro atoms. The first kappa shape index (κ1) is 12.6. The summed E-state index contributed by atoms with van der Waals surface area (Å²) in [6.07, 6.45) is 0.938. The molecule has 0 unspecified atom stereocenters. The van der Waals surface area contributed by atoms with Crippen molar-refractivity contribution in [3.05, 3.63) is 35.9 Å². The van der Waals surface area contributed by atoms with Crippen molar-refractivity contribution < 1.29 is 14.2 Å². The largest absolute Gasteiger partial charge is 0.377 e. The lowest BCUT2D eigenvalue weighted by atomic mass is 10.1. The van der Waals surface area contributed by atoms with Crippen molar-refractivity contribution >= 4 is 0 Å². The van der Waals surface area contributed by atoms with Gasteiger partial charge in [-0.2, -0.15) is 0 Å². The van der Waals surface area contributed by atoms with E-state index >= 15 is 0 Å². The Balaban J connectivity index is 1.59. The van der Waals surface area contributed by atoms with Crippen molar-refractivity contribution in [2.75, 3.05) is 19.8 Å². The Labute approximate surface area is 103 Å². The molecule has 3 nitrogen and oxygen atoms in total. The molecular weight excluding hydrogens is 216 g/mol. The maximum Gasteiger partial charge on any atom is 0.160 e. The first-order valence-corrected chi connectivity index (χ1v) is 6.21. The van der Waals surface area contributed by atoms with E-state index in [9.17, 15) is 0 Å². The number of rotatable bonds is 6. The minimum Gasteiger partial charge on any atom is -0.377 e. The summed E-state index contributed by atoms with van der Waals surface area (Å²) in [4.78, 5) is 0. The fourth-order valence-corrected chi connectivity index (χ4v) is 1.87. The number of ether oxygens (including phenoxy) is 3. The van der Waals surface area contributed by atoms with Gasteiger partial charge >= 0.3 is 0 Å². The highest BCUT2D eigenvalue weighted by Gasteiger charge is 2.22. The van der Waals surface area contributed by atoms with Gasteiger partial charge in [0.05, 0.1) is 19.8 Å². The van der Waals surface area contributed by atoms with Crippen molar-refractivity contribution in [1.82, 2.24) is 0 Å². The molecule has 0 radical (unpaired) electrons. The average molecular weight is 236 g/mol. The van der Waals surface area contributed by atoms with Crippen molar-refractivity contribution in [1.29, 1.82) is 0 Å². The first-order valence-electron chi connectivity index (χ1n) is 6.21.